The van der Waals surface area contributed by atoms with Gasteiger partial charge in [-0.2, -0.15) is 0 Å². The first-order valence-electron chi connectivity index (χ1n) is 6.68. The van der Waals surface area contributed by atoms with E-state index in [1.165, 1.54) is 5.56 Å². The van der Waals surface area contributed by atoms with E-state index in [0.29, 0.717) is 0 Å². The molecular weight excluding hydrogens is 226 g/mol. The van der Waals surface area contributed by atoms with Gasteiger partial charge in [0.05, 0.1) is 7.11 Å². The molecule has 1 N–H and O–H groups in total. The lowest BCUT2D eigenvalue weighted by Crippen LogP contribution is -2.47. The largest absolute Gasteiger partial charge is 0.497 e. The first-order chi connectivity index (χ1) is 8.72. The van der Waals surface area contributed by atoms with Gasteiger partial charge in [-0.1, -0.05) is 12.1 Å². The van der Waals surface area contributed by atoms with Crippen molar-refractivity contribution in [3.63, 3.8) is 0 Å². The summed E-state index contributed by atoms with van der Waals surface area (Å²) >= 11 is 0. The fourth-order valence-corrected chi connectivity index (χ4v) is 2.30. The summed E-state index contributed by atoms with van der Waals surface area (Å²) in [5, 5.41) is 3.66. The molecule has 100 valence electrons. The van der Waals surface area contributed by atoms with Crippen molar-refractivity contribution in [3.05, 3.63) is 29.8 Å². The van der Waals surface area contributed by atoms with E-state index in [-0.39, 0.29) is 5.54 Å². The third kappa shape index (κ3) is 3.72. The van der Waals surface area contributed by atoms with Crippen LogP contribution in [0.4, 0.5) is 0 Å². The summed E-state index contributed by atoms with van der Waals surface area (Å²) in [4.78, 5) is 0. The summed E-state index contributed by atoms with van der Waals surface area (Å²) in [5.74, 6) is 0.920. The number of hydrogen-bond acceptors (Lipinski definition) is 3. The van der Waals surface area contributed by atoms with Crippen LogP contribution in [-0.2, 0) is 11.2 Å². The molecule has 0 spiro atoms. The second-order valence-corrected chi connectivity index (χ2v) is 5.20. The van der Waals surface area contributed by atoms with E-state index in [0.717, 1.165) is 44.8 Å². The van der Waals surface area contributed by atoms with Crippen LogP contribution in [0.25, 0.3) is 0 Å². The minimum Gasteiger partial charge on any atom is -0.497 e. The molecule has 18 heavy (non-hydrogen) atoms. The minimum absolute atomic E-state index is 0.255. The maximum absolute atomic E-state index is 5.40. The molecule has 3 heteroatoms. The van der Waals surface area contributed by atoms with Crippen molar-refractivity contribution < 1.29 is 9.47 Å². The molecule has 1 aromatic carbocycles. The average molecular weight is 249 g/mol. The van der Waals surface area contributed by atoms with Crippen LogP contribution in [0.5, 0.6) is 5.75 Å². The fraction of sp³-hybridized carbons (Fsp3) is 0.600. The van der Waals surface area contributed by atoms with Gasteiger partial charge in [0.15, 0.2) is 0 Å². The van der Waals surface area contributed by atoms with Crippen LogP contribution in [0.15, 0.2) is 24.3 Å². The summed E-state index contributed by atoms with van der Waals surface area (Å²) in [6.07, 6.45) is 3.27. The Morgan fingerprint density at radius 2 is 1.89 bits per heavy atom. The number of rotatable bonds is 5. The van der Waals surface area contributed by atoms with Crippen LogP contribution in [0, 0.1) is 0 Å². The highest BCUT2D eigenvalue weighted by atomic mass is 16.5. The molecule has 0 radical (unpaired) electrons. The Bertz CT molecular complexity index is 355. The van der Waals surface area contributed by atoms with Crippen molar-refractivity contribution in [2.24, 2.45) is 0 Å². The quantitative estimate of drug-likeness (QED) is 0.869. The molecule has 2 rings (SSSR count). The third-order valence-electron chi connectivity index (χ3n) is 3.72. The smallest absolute Gasteiger partial charge is 0.118 e. The number of ether oxygens (including phenoxy) is 2. The zero-order chi connectivity index (χ0) is 12.8. The predicted molar refractivity (Wildman–Crippen MR) is 73.2 cm³/mol. The highest BCUT2D eigenvalue weighted by Gasteiger charge is 2.25. The second-order valence-electron chi connectivity index (χ2n) is 5.20. The SMILES string of the molecule is COc1ccc(CCNC2(C)CCOCC2)cc1. The number of nitrogens with one attached hydrogen (secondary N) is 1. The van der Waals surface area contributed by atoms with Crippen molar-refractivity contribution in [2.45, 2.75) is 31.7 Å². The van der Waals surface area contributed by atoms with Crippen molar-refractivity contribution in [1.82, 2.24) is 5.32 Å². The van der Waals surface area contributed by atoms with E-state index in [1.807, 2.05) is 12.1 Å². The Morgan fingerprint density at radius 1 is 1.22 bits per heavy atom. The first kappa shape index (κ1) is 13.4. The third-order valence-corrected chi connectivity index (χ3v) is 3.72. The predicted octanol–water partition coefficient (Wildman–Crippen LogP) is 2.40. The lowest BCUT2D eigenvalue weighted by molar-refractivity contribution is 0.0456. The Morgan fingerprint density at radius 3 is 2.50 bits per heavy atom. The van der Waals surface area contributed by atoms with E-state index in [4.69, 9.17) is 9.47 Å². The Hall–Kier alpha value is -1.06. The number of methoxy groups -OCH3 is 1. The second kappa shape index (κ2) is 6.21. The minimum atomic E-state index is 0.255. The molecule has 0 aromatic heterocycles. The van der Waals surface area contributed by atoms with E-state index in [9.17, 15) is 0 Å². The molecule has 0 bridgehead atoms. The van der Waals surface area contributed by atoms with E-state index >= 15 is 0 Å². The summed E-state index contributed by atoms with van der Waals surface area (Å²) in [6.45, 7) is 5.07. The molecular formula is C15H23NO2. The van der Waals surface area contributed by atoms with Gasteiger partial charge in [0.1, 0.15) is 5.75 Å². The highest BCUT2D eigenvalue weighted by molar-refractivity contribution is 5.27. The van der Waals surface area contributed by atoms with E-state index < -0.39 is 0 Å². The standard InChI is InChI=1S/C15H23NO2/c1-15(8-11-18-12-9-15)16-10-7-13-3-5-14(17-2)6-4-13/h3-6,16H,7-12H2,1-2H3. The maximum Gasteiger partial charge on any atom is 0.118 e. The van der Waals surface area contributed by atoms with Crippen LogP contribution >= 0.6 is 0 Å². The van der Waals surface area contributed by atoms with Gasteiger partial charge in [0.25, 0.3) is 0 Å². The van der Waals surface area contributed by atoms with Crippen LogP contribution < -0.4 is 10.1 Å². The summed E-state index contributed by atoms with van der Waals surface area (Å²) in [7, 11) is 1.70. The molecule has 0 atom stereocenters. The molecule has 0 unspecified atom stereocenters. The van der Waals surface area contributed by atoms with Crippen LogP contribution in [0.1, 0.15) is 25.3 Å². The average Bonchev–Trinajstić information content (AvgIpc) is 2.40. The van der Waals surface area contributed by atoms with Crippen molar-refractivity contribution in [3.8, 4) is 5.75 Å². The fourth-order valence-electron chi connectivity index (χ4n) is 2.30. The van der Waals surface area contributed by atoms with Gasteiger partial charge >= 0.3 is 0 Å². The monoisotopic (exact) mass is 249 g/mol. The van der Waals surface area contributed by atoms with Gasteiger partial charge in [-0.3, -0.25) is 0 Å². The number of hydrogen-bond donors (Lipinski definition) is 1. The van der Waals surface area contributed by atoms with Crippen molar-refractivity contribution >= 4 is 0 Å². The molecule has 0 amide bonds. The normalized spacial score (nSPS) is 18.6. The number of benzene rings is 1. The molecule has 1 aliphatic rings. The van der Waals surface area contributed by atoms with Crippen LogP contribution in [0.3, 0.4) is 0 Å². The first-order valence-corrected chi connectivity index (χ1v) is 6.68. The Balaban J connectivity index is 1.77. The van der Waals surface area contributed by atoms with Gasteiger partial charge in [-0.25, -0.2) is 0 Å². The van der Waals surface area contributed by atoms with Gasteiger partial charge in [0.2, 0.25) is 0 Å². The molecule has 1 aromatic rings. The molecule has 1 aliphatic heterocycles. The molecule has 0 saturated carbocycles. The van der Waals surface area contributed by atoms with E-state index in [1.54, 1.807) is 7.11 Å². The van der Waals surface area contributed by atoms with Crippen LogP contribution in [0.2, 0.25) is 0 Å². The molecule has 1 heterocycles. The lowest BCUT2D eigenvalue weighted by atomic mass is 9.92. The molecule has 1 saturated heterocycles. The van der Waals surface area contributed by atoms with Crippen molar-refractivity contribution in [1.29, 1.82) is 0 Å². The van der Waals surface area contributed by atoms with Gasteiger partial charge in [0, 0.05) is 18.8 Å². The topological polar surface area (TPSA) is 30.5 Å². The summed E-state index contributed by atoms with van der Waals surface area (Å²) in [6, 6.07) is 8.30. The Kier molecular flexibility index (Phi) is 4.61. The maximum atomic E-state index is 5.40. The Labute approximate surface area is 109 Å². The summed E-state index contributed by atoms with van der Waals surface area (Å²) in [5.41, 5.74) is 1.60. The zero-order valence-electron chi connectivity index (χ0n) is 11.4. The summed E-state index contributed by atoms with van der Waals surface area (Å²) < 4.78 is 10.6. The highest BCUT2D eigenvalue weighted by Crippen LogP contribution is 2.19. The zero-order valence-corrected chi connectivity index (χ0v) is 11.4. The van der Waals surface area contributed by atoms with Crippen molar-refractivity contribution in [2.75, 3.05) is 26.9 Å². The van der Waals surface area contributed by atoms with Gasteiger partial charge in [-0.05, 0) is 50.4 Å². The van der Waals surface area contributed by atoms with Gasteiger partial charge in [-0.15, -0.1) is 0 Å². The molecule has 3 nitrogen and oxygen atoms in total. The van der Waals surface area contributed by atoms with Gasteiger partial charge < -0.3 is 14.8 Å². The lowest BCUT2D eigenvalue weighted by Gasteiger charge is -2.34. The van der Waals surface area contributed by atoms with Crippen LogP contribution in [-0.4, -0.2) is 32.4 Å². The molecule has 1 fully saturated rings. The molecule has 0 aliphatic carbocycles. The van der Waals surface area contributed by atoms with E-state index in [2.05, 4.69) is 24.4 Å².